The lowest BCUT2D eigenvalue weighted by atomic mass is 10.3. The van der Waals surface area contributed by atoms with Gasteiger partial charge in [-0.1, -0.05) is 11.6 Å². The molecular formula is C7H3Cl2FN2. The molecule has 0 unspecified atom stereocenters. The maximum absolute atomic E-state index is 12.7. The quantitative estimate of drug-likeness (QED) is 0.703. The predicted molar refractivity (Wildman–Crippen MR) is 46.1 cm³/mol. The molecule has 1 aromatic heterocycles. The second kappa shape index (κ2) is 2.61. The molecule has 0 saturated heterocycles. The van der Waals surface area contributed by atoms with E-state index in [4.69, 9.17) is 23.2 Å². The van der Waals surface area contributed by atoms with Gasteiger partial charge in [0.1, 0.15) is 5.82 Å². The Morgan fingerprint density at radius 1 is 1.33 bits per heavy atom. The molecule has 0 radical (unpaired) electrons. The first-order chi connectivity index (χ1) is 5.66. The predicted octanol–water partition coefficient (Wildman–Crippen LogP) is 3.01. The second-order valence-electron chi connectivity index (χ2n) is 2.31. The molecule has 0 aliphatic rings. The van der Waals surface area contributed by atoms with E-state index in [1.54, 1.807) is 0 Å². The number of fused-ring (bicyclic) bond motifs is 1. The van der Waals surface area contributed by atoms with E-state index in [0.717, 1.165) is 0 Å². The Balaban J connectivity index is 2.88. The van der Waals surface area contributed by atoms with Gasteiger partial charge in [-0.05, 0) is 17.7 Å². The molecule has 0 fully saturated rings. The Kier molecular flexibility index (Phi) is 1.70. The van der Waals surface area contributed by atoms with Crippen LogP contribution in [0.5, 0.6) is 0 Å². The Bertz CT molecular complexity index is 438. The summed E-state index contributed by atoms with van der Waals surface area (Å²) in [5.41, 5.74) is 0.994. The summed E-state index contributed by atoms with van der Waals surface area (Å²) in [6, 6.07) is 2.47. The van der Waals surface area contributed by atoms with Crippen LogP contribution in [0.1, 0.15) is 0 Å². The largest absolute Gasteiger partial charge is 0.327 e. The Morgan fingerprint density at radius 2 is 2.08 bits per heavy atom. The first kappa shape index (κ1) is 7.83. The van der Waals surface area contributed by atoms with Crippen molar-refractivity contribution in [3.05, 3.63) is 28.3 Å². The molecule has 2 rings (SSSR count). The molecule has 1 heterocycles. The first-order valence-corrected chi connectivity index (χ1v) is 3.92. The lowest BCUT2D eigenvalue weighted by molar-refractivity contribution is 0.629. The van der Waals surface area contributed by atoms with Gasteiger partial charge in [0.15, 0.2) is 0 Å². The van der Waals surface area contributed by atoms with E-state index in [9.17, 15) is 4.39 Å². The number of aromatic nitrogens is 2. The number of hydrogen-bond donors (Lipinski definition) is 1. The molecule has 0 aliphatic carbocycles. The average Bonchev–Trinajstić information content (AvgIpc) is 2.29. The van der Waals surface area contributed by atoms with Crippen molar-refractivity contribution >= 4 is 34.2 Å². The summed E-state index contributed by atoms with van der Waals surface area (Å²) >= 11 is 11.3. The summed E-state index contributed by atoms with van der Waals surface area (Å²) < 4.78 is 12.7. The summed E-state index contributed by atoms with van der Waals surface area (Å²) in [5.74, 6) is -0.421. The summed E-state index contributed by atoms with van der Waals surface area (Å²) in [7, 11) is 0. The molecule has 0 atom stereocenters. The van der Waals surface area contributed by atoms with Gasteiger partial charge in [-0.15, -0.1) is 0 Å². The van der Waals surface area contributed by atoms with Crippen molar-refractivity contribution < 1.29 is 4.39 Å². The van der Waals surface area contributed by atoms with E-state index in [1.807, 2.05) is 0 Å². The molecular weight excluding hydrogens is 202 g/mol. The van der Waals surface area contributed by atoms with Crippen LogP contribution in [0.25, 0.3) is 11.0 Å². The zero-order valence-electron chi connectivity index (χ0n) is 5.74. The minimum atomic E-state index is -0.421. The number of hydrogen-bond acceptors (Lipinski definition) is 1. The van der Waals surface area contributed by atoms with Gasteiger partial charge in [0.2, 0.25) is 5.28 Å². The van der Waals surface area contributed by atoms with Crippen LogP contribution in [0.15, 0.2) is 12.1 Å². The number of halogens is 3. The van der Waals surface area contributed by atoms with Gasteiger partial charge in [0.25, 0.3) is 0 Å². The minimum Gasteiger partial charge on any atom is -0.327 e. The van der Waals surface area contributed by atoms with Crippen LogP contribution >= 0.6 is 23.2 Å². The van der Waals surface area contributed by atoms with E-state index in [1.165, 1.54) is 12.1 Å². The van der Waals surface area contributed by atoms with Crippen LogP contribution in [0.2, 0.25) is 10.3 Å². The summed E-state index contributed by atoms with van der Waals surface area (Å²) in [5, 5.41) is 0.488. The summed E-state index contributed by atoms with van der Waals surface area (Å²) in [6.45, 7) is 0. The van der Waals surface area contributed by atoms with Gasteiger partial charge in [-0.3, -0.25) is 0 Å². The number of benzene rings is 1. The van der Waals surface area contributed by atoms with Gasteiger partial charge in [-0.2, -0.15) is 0 Å². The molecule has 62 valence electrons. The number of nitrogens with zero attached hydrogens (tertiary/aromatic N) is 1. The van der Waals surface area contributed by atoms with Crippen LogP contribution in [0.3, 0.4) is 0 Å². The van der Waals surface area contributed by atoms with Crippen LogP contribution in [-0.2, 0) is 0 Å². The Morgan fingerprint density at radius 3 is 2.83 bits per heavy atom. The van der Waals surface area contributed by atoms with Crippen molar-refractivity contribution in [2.24, 2.45) is 0 Å². The van der Waals surface area contributed by atoms with Crippen molar-refractivity contribution in [3.8, 4) is 0 Å². The van der Waals surface area contributed by atoms with Gasteiger partial charge < -0.3 is 4.98 Å². The van der Waals surface area contributed by atoms with Gasteiger partial charge in [0, 0.05) is 6.07 Å². The minimum absolute atomic E-state index is 0.206. The Labute approximate surface area is 77.3 Å². The fourth-order valence-corrected chi connectivity index (χ4v) is 1.44. The maximum Gasteiger partial charge on any atom is 0.201 e. The SMILES string of the molecule is Fc1cc(Cl)c2[nH]c(Cl)nc2c1. The number of aromatic amines is 1. The highest BCUT2D eigenvalue weighted by Crippen LogP contribution is 2.23. The maximum atomic E-state index is 12.7. The van der Waals surface area contributed by atoms with Gasteiger partial charge in [-0.25, -0.2) is 9.37 Å². The molecule has 2 aromatic rings. The standard InChI is InChI=1S/C7H3Cl2FN2/c8-4-1-3(10)2-5-6(4)12-7(9)11-5/h1-2H,(H,11,12). The highest BCUT2D eigenvalue weighted by atomic mass is 35.5. The van der Waals surface area contributed by atoms with Crippen LogP contribution < -0.4 is 0 Å². The fraction of sp³-hybridized carbons (Fsp3) is 0. The number of imidazole rings is 1. The first-order valence-electron chi connectivity index (χ1n) is 3.17. The summed E-state index contributed by atoms with van der Waals surface area (Å²) in [4.78, 5) is 6.53. The van der Waals surface area contributed by atoms with Gasteiger partial charge in [0.05, 0.1) is 16.1 Å². The molecule has 0 amide bonds. The lowest BCUT2D eigenvalue weighted by Crippen LogP contribution is -1.76. The molecule has 5 heteroatoms. The highest BCUT2D eigenvalue weighted by Gasteiger charge is 2.06. The summed E-state index contributed by atoms with van der Waals surface area (Å²) in [6.07, 6.45) is 0. The monoisotopic (exact) mass is 204 g/mol. The molecule has 12 heavy (non-hydrogen) atoms. The zero-order valence-corrected chi connectivity index (χ0v) is 7.25. The molecule has 0 bridgehead atoms. The highest BCUT2D eigenvalue weighted by molar-refractivity contribution is 6.35. The third kappa shape index (κ3) is 1.15. The van der Waals surface area contributed by atoms with Crippen molar-refractivity contribution in [2.45, 2.75) is 0 Å². The molecule has 0 aliphatic heterocycles. The van der Waals surface area contributed by atoms with Crippen molar-refractivity contribution in [1.29, 1.82) is 0 Å². The molecule has 1 N–H and O–H groups in total. The third-order valence-corrected chi connectivity index (χ3v) is 1.96. The molecule has 0 spiro atoms. The van der Waals surface area contributed by atoms with E-state index in [-0.39, 0.29) is 10.3 Å². The number of H-pyrrole nitrogens is 1. The van der Waals surface area contributed by atoms with Gasteiger partial charge >= 0.3 is 0 Å². The zero-order chi connectivity index (χ0) is 8.72. The van der Waals surface area contributed by atoms with Crippen LogP contribution in [-0.4, -0.2) is 9.97 Å². The lowest BCUT2D eigenvalue weighted by Gasteiger charge is -1.91. The smallest absolute Gasteiger partial charge is 0.201 e. The number of rotatable bonds is 0. The van der Waals surface area contributed by atoms with E-state index in [0.29, 0.717) is 11.0 Å². The topological polar surface area (TPSA) is 28.7 Å². The third-order valence-electron chi connectivity index (χ3n) is 1.48. The van der Waals surface area contributed by atoms with E-state index >= 15 is 0 Å². The normalized spacial score (nSPS) is 10.9. The second-order valence-corrected chi connectivity index (χ2v) is 3.07. The average molecular weight is 205 g/mol. The molecule has 0 saturated carbocycles. The van der Waals surface area contributed by atoms with Crippen LogP contribution in [0.4, 0.5) is 4.39 Å². The van der Waals surface area contributed by atoms with Crippen molar-refractivity contribution in [2.75, 3.05) is 0 Å². The van der Waals surface area contributed by atoms with E-state index in [2.05, 4.69) is 9.97 Å². The van der Waals surface area contributed by atoms with Crippen molar-refractivity contribution in [3.63, 3.8) is 0 Å². The van der Waals surface area contributed by atoms with Crippen LogP contribution in [0, 0.1) is 5.82 Å². The molecule has 1 aromatic carbocycles. The van der Waals surface area contributed by atoms with Crippen molar-refractivity contribution in [1.82, 2.24) is 9.97 Å². The molecule has 2 nitrogen and oxygen atoms in total. The fourth-order valence-electron chi connectivity index (χ4n) is 1.01. The number of nitrogens with one attached hydrogen (secondary N) is 1. The Hall–Kier alpha value is -0.800. The van der Waals surface area contributed by atoms with E-state index < -0.39 is 5.82 Å².